The Kier molecular flexibility index (Phi) is 3.22. The molecule has 2 rings (SSSR count). The average Bonchev–Trinajstić information content (AvgIpc) is 2.86. The number of aliphatic hydroxyl groups excluding tert-OH is 1. The molecule has 1 saturated carbocycles. The molecule has 2 aliphatic rings. The first-order valence-corrected chi connectivity index (χ1v) is 6.24. The monoisotopic (exact) mass is 226 g/mol. The molecule has 2 atom stereocenters. The first-order valence-electron chi connectivity index (χ1n) is 6.24. The first-order chi connectivity index (χ1) is 7.59. The van der Waals surface area contributed by atoms with Crippen LogP contribution in [0.5, 0.6) is 0 Å². The van der Waals surface area contributed by atoms with Gasteiger partial charge in [0, 0.05) is 25.6 Å². The number of hydrogen-bond donors (Lipinski definition) is 2. The summed E-state index contributed by atoms with van der Waals surface area (Å²) in [5.74, 6) is 0.292. The summed E-state index contributed by atoms with van der Waals surface area (Å²) in [7, 11) is 0. The van der Waals surface area contributed by atoms with E-state index in [0.717, 1.165) is 19.4 Å². The predicted molar refractivity (Wildman–Crippen MR) is 61.7 cm³/mol. The zero-order chi connectivity index (χ0) is 11.8. The van der Waals surface area contributed by atoms with E-state index in [0.29, 0.717) is 6.54 Å². The number of rotatable bonds is 2. The van der Waals surface area contributed by atoms with Crippen molar-refractivity contribution in [2.24, 2.45) is 17.1 Å². The van der Waals surface area contributed by atoms with Gasteiger partial charge in [-0.25, -0.2) is 0 Å². The third-order valence-electron chi connectivity index (χ3n) is 4.33. The van der Waals surface area contributed by atoms with Crippen LogP contribution in [0.4, 0.5) is 0 Å². The molecule has 1 saturated heterocycles. The van der Waals surface area contributed by atoms with Crippen LogP contribution in [0.15, 0.2) is 0 Å². The lowest BCUT2D eigenvalue weighted by Gasteiger charge is -2.28. The zero-order valence-corrected chi connectivity index (χ0v) is 9.98. The van der Waals surface area contributed by atoms with Gasteiger partial charge in [-0.3, -0.25) is 4.79 Å². The molecule has 4 nitrogen and oxygen atoms in total. The molecule has 0 aromatic rings. The Morgan fingerprint density at radius 1 is 1.56 bits per heavy atom. The van der Waals surface area contributed by atoms with Crippen LogP contribution in [0.25, 0.3) is 0 Å². The van der Waals surface area contributed by atoms with Crippen molar-refractivity contribution < 1.29 is 9.90 Å². The van der Waals surface area contributed by atoms with Crippen LogP contribution < -0.4 is 5.73 Å². The molecule has 92 valence electrons. The molecule has 0 unspecified atom stereocenters. The second-order valence-corrected chi connectivity index (χ2v) is 5.46. The lowest BCUT2D eigenvalue weighted by atomic mass is 9.77. The maximum Gasteiger partial charge on any atom is 0.239 e. The summed E-state index contributed by atoms with van der Waals surface area (Å²) in [6.07, 6.45) is 4.77. The third kappa shape index (κ3) is 1.84. The number of nitrogens with two attached hydrogens (primary N) is 1. The largest absolute Gasteiger partial charge is 0.396 e. The molecule has 1 aliphatic carbocycles. The molecule has 16 heavy (non-hydrogen) atoms. The molecule has 4 heteroatoms. The van der Waals surface area contributed by atoms with E-state index in [2.05, 4.69) is 0 Å². The van der Waals surface area contributed by atoms with Crippen LogP contribution in [-0.4, -0.2) is 41.7 Å². The zero-order valence-electron chi connectivity index (χ0n) is 9.98. The van der Waals surface area contributed by atoms with Crippen molar-refractivity contribution in [3.05, 3.63) is 0 Å². The van der Waals surface area contributed by atoms with Crippen LogP contribution in [0.2, 0.25) is 0 Å². The molecule has 0 bridgehead atoms. The second kappa shape index (κ2) is 4.34. The van der Waals surface area contributed by atoms with Gasteiger partial charge in [-0.15, -0.1) is 0 Å². The number of carbonyl (C=O) groups excluding carboxylic acids is 1. The Labute approximate surface area is 96.8 Å². The fraction of sp³-hybridized carbons (Fsp3) is 0.917. The van der Waals surface area contributed by atoms with Crippen molar-refractivity contribution in [3.63, 3.8) is 0 Å². The molecule has 2 fully saturated rings. The fourth-order valence-corrected chi connectivity index (χ4v) is 3.39. The third-order valence-corrected chi connectivity index (χ3v) is 4.33. The molecule has 1 spiro atoms. The molecular weight excluding hydrogens is 204 g/mol. The van der Waals surface area contributed by atoms with Crippen LogP contribution in [0, 0.1) is 11.3 Å². The smallest absolute Gasteiger partial charge is 0.239 e. The van der Waals surface area contributed by atoms with Gasteiger partial charge in [0.15, 0.2) is 0 Å². The van der Waals surface area contributed by atoms with E-state index in [1.165, 1.54) is 12.8 Å². The Morgan fingerprint density at radius 2 is 2.19 bits per heavy atom. The van der Waals surface area contributed by atoms with Gasteiger partial charge in [0.2, 0.25) is 5.91 Å². The average molecular weight is 226 g/mol. The molecule has 0 aromatic carbocycles. The number of amides is 1. The van der Waals surface area contributed by atoms with E-state index in [-0.39, 0.29) is 23.8 Å². The summed E-state index contributed by atoms with van der Waals surface area (Å²) >= 11 is 0. The van der Waals surface area contributed by atoms with Crippen LogP contribution in [-0.2, 0) is 4.79 Å². The molecule has 1 amide bonds. The van der Waals surface area contributed by atoms with Crippen LogP contribution in [0.3, 0.4) is 0 Å². The molecular formula is C12H22N2O2. The van der Waals surface area contributed by atoms with Gasteiger partial charge in [0.1, 0.15) is 0 Å². The van der Waals surface area contributed by atoms with E-state index in [1.807, 2.05) is 4.90 Å². The highest BCUT2D eigenvalue weighted by atomic mass is 16.3. The van der Waals surface area contributed by atoms with Crippen molar-refractivity contribution in [2.75, 3.05) is 19.7 Å². The SMILES string of the molecule is C[C@H](N)C(=O)N1C[C@H](CO)C2(CCCC2)C1. The highest BCUT2D eigenvalue weighted by molar-refractivity contribution is 5.81. The minimum atomic E-state index is -0.420. The van der Waals surface area contributed by atoms with Crippen LogP contribution >= 0.6 is 0 Å². The normalized spacial score (nSPS) is 29.9. The number of aliphatic hydroxyl groups is 1. The summed E-state index contributed by atoms with van der Waals surface area (Å²) in [6.45, 7) is 3.42. The molecule has 0 aromatic heterocycles. The Bertz CT molecular complexity index is 272. The van der Waals surface area contributed by atoms with Gasteiger partial charge in [-0.2, -0.15) is 0 Å². The van der Waals surface area contributed by atoms with Gasteiger partial charge in [-0.1, -0.05) is 12.8 Å². The molecule has 1 heterocycles. The molecule has 1 aliphatic heterocycles. The summed E-state index contributed by atoms with van der Waals surface area (Å²) in [5, 5.41) is 9.46. The summed E-state index contributed by atoms with van der Waals surface area (Å²) in [4.78, 5) is 13.7. The Hall–Kier alpha value is -0.610. The number of hydrogen-bond acceptors (Lipinski definition) is 3. The molecule has 0 radical (unpaired) electrons. The fourth-order valence-electron chi connectivity index (χ4n) is 3.39. The predicted octanol–water partition coefficient (Wildman–Crippen LogP) is 0.345. The second-order valence-electron chi connectivity index (χ2n) is 5.46. The van der Waals surface area contributed by atoms with Gasteiger partial charge in [-0.05, 0) is 25.2 Å². The summed E-state index contributed by atoms with van der Waals surface area (Å²) in [6, 6.07) is -0.420. The van der Waals surface area contributed by atoms with Gasteiger partial charge in [0.05, 0.1) is 6.04 Å². The minimum Gasteiger partial charge on any atom is -0.396 e. The van der Waals surface area contributed by atoms with Crippen molar-refractivity contribution in [1.29, 1.82) is 0 Å². The lowest BCUT2D eigenvalue weighted by molar-refractivity contribution is -0.131. The van der Waals surface area contributed by atoms with Crippen molar-refractivity contribution in [2.45, 2.75) is 38.6 Å². The first kappa shape index (κ1) is 11.9. The molecule has 3 N–H and O–H groups in total. The Balaban J connectivity index is 2.10. The lowest BCUT2D eigenvalue weighted by Crippen LogP contribution is -2.41. The standard InChI is InChI=1S/C12H22N2O2/c1-9(13)11(16)14-6-10(7-15)12(8-14)4-2-3-5-12/h9-10,15H,2-8,13H2,1H3/t9-,10+/m0/s1. The van der Waals surface area contributed by atoms with E-state index in [4.69, 9.17) is 5.73 Å². The summed E-state index contributed by atoms with van der Waals surface area (Å²) in [5.41, 5.74) is 5.83. The Morgan fingerprint density at radius 3 is 2.69 bits per heavy atom. The maximum absolute atomic E-state index is 11.9. The number of carbonyl (C=O) groups is 1. The maximum atomic E-state index is 11.9. The van der Waals surface area contributed by atoms with E-state index in [1.54, 1.807) is 6.92 Å². The van der Waals surface area contributed by atoms with E-state index in [9.17, 15) is 9.90 Å². The van der Waals surface area contributed by atoms with Crippen molar-refractivity contribution >= 4 is 5.91 Å². The van der Waals surface area contributed by atoms with E-state index >= 15 is 0 Å². The number of nitrogens with zero attached hydrogens (tertiary/aromatic N) is 1. The van der Waals surface area contributed by atoms with Gasteiger partial charge < -0.3 is 15.7 Å². The van der Waals surface area contributed by atoms with Crippen LogP contribution in [0.1, 0.15) is 32.6 Å². The van der Waals surface area contributed by atoms with Crippen molar-refractivity contribution in [3.8, 4) is 0 Å². The van der Waals surface area contributed by atoms with Gasteiger partial charge in [0.25, 0.3) is 0 Å². The highest BCUT2D eigenvalue weighted by Gasteiger charge is 2.48. The van der Waals surface area contributed by atoms with E-state index < -0.39 is 6.04 Å². The van der Waals surface area contributed by atoms with Crippen molar-refractivity contribution in [1.82, 2.24) is 4.90 Å². The quantitative estimate of drug-likeness (QED) is 0.714. The minimum absolute atomic E-state index is 0.0298. The number of likely N-dealkylation sites (tertiary alicyclic amines) is 1. The summed E-state index contributed by atoms with van der Waals surface area (Å²) < 4.78 is 0. The highest BCUT2D eigenvalue weighted by Crippen LogP contribution is 2.48. The topological polar surface area (TPSA) is 66.6 Å². The van der Waals surface area contributed by atoms with Gasteiger partial charge >= 0.3 is 0 Å².